The van der Waals surface area contributed by atoms with Crippen LogP contribution in [0.2, 0.25) is 0 Å². The Hall–Kier alpha value is -2.08. The van der Waals surface area contributed by atoms with E-state index in [1.54, 1.807) is 31.3 Å². The molecule has 5 nitrogen and oxygen atoms in total. The van der Waals surface area contributed by atoms with Gasteiger partial charge in [0, 0.05) is 19.0 Å². The van der Waals surface area contributed by atoms with E-state index in [0.29, 0.717) is 10.7 Å². The molecule has 1 aromatic heterocycles. The van der Waals surface area contributed by atoms with E-state index < -0.39 is 9.84 Å². The van der Waals surface area contributed by atoms with Gasteiger partial charge in [0.05, 0.1) is 4.90 Å². The zero-order valence-corrected chi connectivity index (χ0v) is 11.5. The van der Waals surface area contributed by atoms with Gasteiger partial charge in [-0.2, -0.15) is 0 Å². The number of pyridine rings is 1. The molecule has 0 aliphatic heterocycles. The zero-order valence-electron chi connectivity index (χ0n) is 10.7. The van der Waals surface area contributed by atoms with Gasteiger partial charge in [-0.15, -0.1) is 0 Å². The summed E-state index contributed by atoms with van der Waals surface area (Å²) in [5.41, 5.74) is 0.785. The Bertz CT molecular complexity index is 667. The summed E-state index contributed by atoms with van der Waals surface area (Å²) in [4.78, 5) is 4.62. The molecule has 0 atom stereocenters. The summed E-state index contributed by atoms with van der Waals surface area (Å²) >= 11 is 0. The lowest BCUT2D eigenvalue weighted by molar-refractivity contribution is 0.602. The van der Waals surface area contributed by atoms with E-state index >= 15 is 0 Å². The highest BCUT2D eigenvalue weighted by atomic mass is 32.2. The molecule has 0 bridgehead atoms. The van der Waals surface area contributed by atoms with Crippen molar-refractivity contribution >= 4 is 27.2 Å². The van der Waals surface area contributed by atoms with Crippen molar-refractivity contribution in [3.05, 3.63) is 42.5 Å². The molecule has 2 rings (SSSR count). The number of sulfone groups is 1. The minimum absolute atomic E-state index is 0.301. The van der Waals surface area contributed by atoms with Crippen LogP contribution in [0.5, 0.6) is 0 Å². The number of hydrogen-bond acceptors (Lipinski definition) is 5. The van der Waals surface area contributed by atoms with Crippen LogP contribution in [0.4, 0.5) is 17.3 Å². The second-order valence-electron chi connectivity index (χ2n) is 4.08. The highest BCUT2D eigenvalue weighted by Gasteiger charge is 2.06. The summed E-state index contributed by atoms with van der Waals surface area (Å²) in [7, 11) is -1.36. The van der Waals surface area contributed by atoms with Crippen LogP contribution in [-0.4, -0.2) is 26.7 Å². The monoisotopic (exact) mass is 277 g/mol. The normalized spacial score (nSPS) is 11.1. The minimum Gasteiger partial charge on any atom is -0.373 e. The standard InChI is InChI=1S/C13H15N3O2S/c1-14-12-4-3-5-13(16-12)15-10-6-8-11(9-7-10)19(2,17)18/h3-9H,1-2H3,(H2,14,15,16). The first-order valence-electron chi connectivity index (χ1n) is 5.71. The molecule has 0 saturated heterocycles. The topological polar surface area (TPSA) is 71.1 Å². The second-order valence-corrected chi connectivity index (χ2v) is 6.10. The van der Waals surface area contributed by atoms with Crippen LogP contribution >= 0.6 is 0 Å². The lowest BCUT2D eigenvalue weighted by atomic mass is 10.3. The van der Waals surface area contributed by atoms with Crippen molar-refractivity contribution in [3.63, 3.8) is 0 Å². The number of aromatic nitrogens is 1. The first-order chi connectivity index (χ1) is 8.99. The second kappa shape index (κ2) is 5.27. The Morgan fingerprint density at radius 3 is 2.21 bits per heavy atom. The van der Waals surface area contributed by atoms with E-state index in [1.807, 2.05) is 18.2 Å². The molecular weight excluding hydrogens is 262 g/mol. The van der Waals surface area contributed by atoms with Crippen molar-refractivity contribution in [2.45, 2.75) is 4.90 Å². The van der Waals surface area contributed by atoms with Crippen LogP contribution in [0.15, 0.2) is 47.4 Å². The molecule has 1 heterocycles. The summed E-state index contributed by atoms with van der Waals surface area (Å²) in [5, 5.41) is 6.06. The number of nitrogens with zero attached hydrogens (tertiary/aromatic N) is 1. The highest BCUT2D eigenvalue weighted by molar-refractivity contribution is 7.90. The maximum absolute atomic E-state index is 11.3. The molecule has 0 fully saturated rings. The van der Waals surface area contributed by atoms with Gasteiger partial charge in [-0.3, -0.25) is 0 Å². The maximum Gasteiger partial charge on any atom is 0.175 e. The molecule has 0 radical (unpaired) electrons. The zero-order chi connectivity index (χ0) is 13.9. The van der Waals surface area contributed by atoms with Gasteiger partial charge in [-0.25, -0.2) is 13.4 Å². The molecule has 0 aliphatic carbocycles. The van der Waals surface area contributed by atoms with Gasteiger partial charge in [-0.1, -0.05) is 6.07 Å². The molecule has 1 aromatic carbocycles. The SMILES string of the molecule is CNc1cccc(Nc2ccc(S(C)(=O)=O)cc2)n1. The Kier molecular flexibility index (Phi) is 3.71. The van der Waals surface area contributed by atoms with E-state index in [-0.39, 0.29) is 0 Å². The summed E-state index contributed by atoms with van der Waals surface area (Å²) in [6.45, 7) is 0. The van der Waals surface area contributed by atoms with E-state index in [4.69, 9.17) is 0 Å². The number of benzene rings is 1. The van der Waals surface area contributed by atoms with Gasteiger partial charge in [0.15, 0.2) is 9.84 Å². The van der Waals surface area contributed by atoms with Crippen molar-refractivity contribution in [1.82, 2.24) is 4.98 Å². The maximum atomic E-state index is 11.3. The van der Waals surface area contributed by atoms with Crippen molar-refractivity contribution in [3.8, 4) is 0 Å². The van der Waals surface area contributed by atoms with Gasteiger partial charge < -0.3 is 10.6 Å². The molecule has 100 valence electrons. The van der Waals surface area contributed by atoms with Gasteiger partial charge in [-0.05, 0) is 36.4 Å². The van der Waals surface area contributed by atoms with Crippen LogP contribution in [0, 0.1) is 0 Å². The largest absolute Gasteiger partial charge is 0.373 e. The van der Waals surface area contributed by atoms with Gasteiger partial charge >= 0.3 is 0 Å². The van der Waals surface area contributed by atoms with E-state index in [0.717, 1.165) is 11.5 Å². The Labute approximate surface area is 112 Å². The lowest BCUT2D eigenvalue weighted by Crippen LogP contribution is -1.99. The average molecular weight is 277 g/mol. The molecule has 0 aliphatic rings. The molecule has 6 heteroatoms. The molecule has 0 unspecified atom stereocenters. The van der Waals surface area contributed by atoms with Crippen molar-refractivity contribution in [2.75, 3.05) is 23.9 Å². The van der Waals surface area contributed by atoms with Gasteiger partial charge in [0.25, 0.3) is 0 Å². The molecule has 2 N–H and O–H groups in total. The molecule has 2 aromatic rings. The fourth-order valence-electron chi connectivity index (χ4n) is 1.58. The summed E-state index contributed by atoms with van der Waals surface area (Å²) in [6.07, 6.45) is 1.19. The third-order valence-electron chi connectivity index (χ3n) is 2.56. The fourth-order valence-corrected chi connectivity index (χ4v) is 2.21. The smallest absolute Gasteiger partial charge is 0.175 e. The average Bonchev–Trinajstić information content (AvgIpc) is 2.38. The predicted molar refractivity (Wildman–Crippen MR) is 76.6 cm³/mol. The minimum atomic E-state index is -3.16. The van der Waals surface area contributed by atoms with E-state index in [1.165, 1.54) is 6.26 Å². The third kappa shape index (κ3) is 3.45. The van der Waals surface area contributed by atoms with Crippen LogP contribution in [0.25, 0.3) is 0 Å². The first kappa shape index (κ1) is 13.4. The van der Waals surface area contributed by atoms with Crippen LogP contribution in [0.1, 0.15) is 0 Å². The van der Waals surface area contributed by atoms with Crippen LogP contribution in [-0.2, 0) is 9.84 Å². The summed E-state index contributed by atoms with van der Waals surface area (Å²) in [6, 6.07) is 12.1. The fraction of sp³-hybridized carbons (Fsp3) is 0.154. The number of nitrogens with one attached hydrogen (secondary N) is 2. The molecule has 0 saturated carbocycles. The van der Waals surface area contributed by atoms with Gasteiger partial charge in [0.1, 0.15) is 11.6 Å². The van der Waals surface area contributed by atoms with Crippen LogP contribution < -0.4 is 10.6 Å². The molecule has 19 heavy (non-hydrogen) atoms. The summed E-state index contributed by atoms with van der Waals surface area (Å²) in [5.74, 6) is 1.46. The Morgan fingerprint density at radius 2 is 1.63 bits per heavy atom. The molecule has 0 amide bonds. The lowest BCUT2D eigenvalue weighted by Gasteiger charge is -2.07. The number of rotatable bonds is 4. The first-order valence-corrected chi connectivity index (χ1v) is 7.60. The molecule has 0 spiro atoms. The van der Waals surface area contributed by atoms with Gasteiger partial charge in [0.2, 0.25) is 0 Å². The number of hydrogen-bond donors (Lipinski definition) is 2. The van der Waals surface area contributed by atoms with Crippen molar-refractivity contribution < 1.29 is 8.42 Å². The van der Waals surface area contributed by atoms with Crippen molar-refractivity contribution in [1.29, 1.82) is 0 Å². The van der Waals surface area contributed by atoms with Crippen LogP contribution in [0.3, 0.4) is 0 Å². The summed E-state index contributed by atoms with van der Waals surface area (Å²) < 4.78 is 22.7. The predicted octanol–water partition coefficient (Wildman–Crippen LogP) is 2.27. The Morgan fingerprint density at radius 1 is 1.00 bits per heavy atom. The Balaban J connectivity index is 2.19. The molecular formula is C13H15N3O2S. The third-order valence-corrected chi connectivity index (χ3v) is 3.69. The van der Waals surface area contributed by atoms with Crippen molar-refractivity contribution in [2.24, 2.45) is 0 Å². The van der Waals surface area contributed by atoms with E-state index in [2.05, 4.69) is 15.6 Å². The quantitative estimate of drug-likeness (QED) is 0.897. The van der Waals surface area contributed by atoms with E-state index in [9.17, 15) is 8.42 Å². The number of anilines is 3. The highest BCUT2D eigenvalue weighted by Crippen LogP contribution is 2.18.